The lowest BCUT2D eigenvalue weighted by Gasteiger charge is -2.37. The van der Waals surface area contributed by atoms with Crippen LogP contribution in [0.1, 0.15) is 32.8 Å². The molecule has 4 heterocycles. The molecule has 0 bridgehead atoms. The van der Waals surface area contributed by atoms with Gasteiger partial charge in [-0.15, -0.1) is 0 Å². The minimum Gasteiger partial charge on any atom is -0.334 e. The van der Waals surface area contributed by atoms with Crippen molar-refractivity contribution < 1.29 is 19.2 Å². The quantitative estimate of drug-likeness (QED) is 0.416. The first-order valence-corrected chi connectivity index (χ1v) is 14.2. The van der Waals surface area contributed by atoms with Crippen molar-refractivity contribution in [1.82, 2.24) is 15.5 Å². The van der Waals surface area contributed by atoms with Crippen molar-refractivity contribution in [2.24, 2.45) is 11.8 Å². The number of carbonyl (C=O) groups is 4. The minimum atomic E-state index is -1.57. The van der Waals surface area contributed by atoms with Crippen molar-refractivity contribution in [1.29, 1.82) is 0 Å². The van der Waals surface area contributed by atoms with E-state index in [4.69, 9.17) is 46.4 Å². The first-order valence-electron chi connectivity index (χ1n) is 12.7. The Balaban J connectivity index is 1.47. The van der Waals surface area contributed by atoms with Crippen molar-refractivity contribution in [2.75, 3.05) is 16.8 Å². The lowest BCUT2D eigenvalue weighted by Crippen LogP contribution is -2.56. The molecular weight excluding hydrogens is 600 g/mol. The van der Waals surface area contributed by atoms with E-state index in [9.17, 15) is 19.2 Å². The van der Waals surface area contributed by atoms with Gasteiger partial charge in [-0.25, -0.2) is 9.69 Å². The fourth-order valence-electron chi connectivity index (χ4n) is 6.82. The van der Waals surface area contributed by atoms with Gasteiger partial charge in [0.15, 0.2) is 0 Å². The molecule has 4 aliphatic heterocycles. The summed E-state index contributed by atoms with van der Waals surface area (Å²) in [6, 6.07) is 6.31. The lowest BCUT2D eigenvalue weighted by atomic mass is 9.75. The molecule has 4 aliphatic rings. The van der Waals surface area contributed by atoms with E-state index in [0.29, 0.717) is 17.7 Å². The summed E-state index contributed by atoms with van der Waals surface area (Å²) >= 11 is 25.3. The summed E-state index contributed by atoms with van der Waals surface area (Å²) in [6.45, 7) is 5.83. The number of hydrogen-bond acceptors (Lipinski definition) is 5. The molecule has 2 aromatic carbocycles. The summed E-state index contributed by atoms with van der Waals surface area (Å²) in [5.74, 6) is -3.43. The van der Waals surface area contributed by atoms with Crippen molar-refractivity contribution in [3.05, 3.63) is 56.0 Å². The van der Waals surface area contributed by atoms with Gasteiger partial charge in [-0.2, -0.15) is 0 Å². The molecule has 3 saturated heterocycles. The van der Waals surface area contributed by atoms with E-state index >= 15 is 0 Å². The Morgan fingerprint density at radius 2 is 1.62 bits per heavy atom. The maximum atomic E-state index is 14.2. The molecule has 5 amide bonds. The summed E-state index contributed by atoms with van der Waals surface area (Å²) in [5.41, 5.74) is -1.03. The molecule has 0 radical (unpaired) electrons. The number of rotatable bonds is 2. The smallest absolute Gasteiger partial charge is 0.315 e. The second-order valence-corrected chi connectivity index (χ2v) is 13.4. The fourth-order valence-corrected chi connectivity index (χ4v) is 7.88. The first kappa shape index (κ1) is 27.6. The van der Waals surface area contributed by atoms with Gasteiger partial charge in [-0.3, -0.25) is 19.3 Å². The highest BCUT2D eigenvalue weighted by atomic mass is 35.5. The van der Waals surface area contributed by atoms with Crippen LogP contribution >= 0.6 is 46.4 Å². The number of anilines is 2. The summed E-state index contributed by atoms with van der Waals surface area (Å²) in [4.78, 5) is 58.0. The molecule has 210 valence electrons. The number of benzene rings is 2. The third-order valence-corrected chi connectivity index (χ3v) is 8.94. The Bertz CT molecular complexity index is 1490. The number of nitrogens with zero attached hydrogens (tertiary/aromatic N) is 2. The molecule has 0 aromatic heterocycles. The molecule has 9 nitrogen and oxygen atoms in total. The molecule has 3 N–H and O–H groups in total. The van der Waals surface area contributed by atoms with E-state index in [-0.39, 0.29) is 38.4 Å². The predicted octanol–water partition coefficient (Wildman–Crippen LogP) is 4.81. The van der Waals surface area contributed by atoms with Gasteiger partial charge in [0.25, 0.3) is 5.91 Å². The van der Waals surface area contributed by atoms with Crippen molar-refractivity contribution in [3.63, 3.8) is 0 Å². The molecule has 40 heavy (non-hydrogen) atoms. The number of carbonyl (C=O) groups excluding carboxylic acids is 4. The van der Waals surface area contributed by atoms with E-state index < -0.39 is 52.7 Å². The molecule has 13 heteroatoms. The van der Waals surface area contributed by atoms with Gasteiger partial charge < -0.3 is 16.0 Å². The van der Waals surface area contributed by atoms with Gasteiger partial charge in [0.05, 0.1) is 28.2 Å². The van der Waals surface area contributed by atoms with Gasteiger partial charge in [0.1, 0.15) is 5.54 Å². The van der Waals surface area contributed by atoms with Crippen LogP contribution in [0.2, 0.25) is 20.1 Å². The topological polar surface area (TPSA) is 111 Å². The number of fused-ring (bicyclic) bond motifs is 7. The van der Waals surface area contributed by atoms with Gasteiger partial charge in [0.2, 0.25) is 11.8 Å². The average Bonchev–Trinajstić information content (AvgIpc) is 3.48. The minimum absolute atomic E-state index is 0.224. The van der Waals surface area contributed by atoms with Crippen LogP contribution in [0, 0.1) is 11.8 Å². The second kappa shape index (κ2) is 9.22. The Morgan fingerprint density at radius 1 is 0.975 bits per heavy atom. The van der Waals surface area contributed by atoms with Crippen LogP contribution in [0.4, 0.5) is 16.2 Å². The van der Waals surface area contributed by atoms with Crippen LogP contribution in [-0.4, -0.2) is 52.8 Å². The lowest BCUT2D eigenvalue weighted by molar-refractivity contribution is -0.135. The molecule has 1 spiro atoms. The highest BCUT2D eigenvalue weighted by Gasteiger charge is 2.75. The van der Waals surface area contributed by atoms with Gasteiger partial charge in [-0.05, 0) is 57.5 Å². The van der Waals surface area contributed by atoms with Gasteiger partial charge in [-0.1, -0.05) is 46.4 Å². The first-order chi connectivity index (χ1) is 18.7. The molecule has 0 aliphatic carbocycles. The maximum Gasteiger partial charge on any atom is 0.315 e. The number of hydrogen-bond donors (Lipinski definition) is 3. The number of urea groups is 1. The highest BCUT2D eigenvalue weighted by molar-refractivity contribution is 6.38. The van der Waals surface area contributed by atoms with Crippen molar-refractivity contribution in [2.45, 2.75) is 50.4 Å². The molecular formula is C27H25Cl4N5O4. The Labute approximate surface area is 250 Å². The standard InChI is InChI=1S/C27H25Cl4N5O4/c1-26(2,3)34-25(40)32-14-9-18-19-20(23(38)36(22(19)37)15-5-11(28)4-12(29)6-15)27(35(18)10-14)16-7-13(30)8-17(31)21(16)33-24(27)39/h4-8,14,18-20H,9-10H2,1-3H3,(H,33,39)(H2,32,34,40)/t14-,18?,19?,20?,27?/m0/s1. The number of amides is 5. The SMILES string of the molecule is CC(C)(C)NC(=O)N[C@H]1CC2C3C(=O)N(c4cc(Cl)cc(Cl)c4)C(=O)C3C3(C(=O)Nc4c(Cl)cc(Cl)cc43)N2C1. The Hall–Kier alpha value is -2.56. The van der Waals surface area contributed by atoms with Crippen molar-refractivity contribution >= 4 is 81.5 Å². The van der Waals surface area contributed by atoms with Crippen LogP contribution in [0.25, 0.3) is 0 Å². The molecule has 0 saturated carbocycles. The third-order valence-electron chi connectivity index (χ3n) is 7.99. The van der Waals surface area contributed by atoms with E-state index in [1.54, 1.807) is 6.07 Å². The normalized spacial score (nSPS) is 29.1. The zero-order chi connectivity index (χ0) is 28.9. The van der Waals surface area contributed by atoms with Gasteiger partial charge >= 0.3 is 6.03 Å². The largest absolute Gasteiger partial charge is 0.334 e. The van der Waals surface area contributed by atoms with E-state index in [2.05, 4.69) is 16.0 Å². The predicted molar refractivity (Wildman–Crippen MR) is 153 cm³/mol. The summed E-state index contributed by atoms with van der Waals surface area (Å²) in [7, 11) is 0. The Kier molecular flexibility index (Phi) is 6.37. The van der Waals surface area contributed by atoms with Crippen LogP contribution in [-0.2, 0) is 19.9 Å². The number of halogens is 4. The maximum absolute atomic E-state index is 14.2. The molecule has 4 unspecified atom stereocenters. The van der Waals surface area contributed by atoms with Crippen LogP contribution in [0.5, 0.6) is 0 Å². The highest BCUT2D eigenvalue weighted by Crippen LogP contribution is 2.61. The molecule has 6 rings (SSSR count). The monoisotopic (exact) mass is 623 g/mol. The summed E-state index contributed by atoms with van der Waals surface area (Å²) in [5, 5.41) is 9.73. The van der Waals surface area contributed by atoms with Crippen LogP contribution in [0.15, 0.2) is 30.3 Å². The Morgan fingerprint density at radius 3 is 2.27 bits per heavy atom. The number of nitrogens with one attached hydrogen (secondary N) is 3. The van der Waals surface area contributed by atoms with E-state index in [0.717, 1.165) is 4.90 Å². The zero-order valence-electron chi connectivity index (χ0n) is 21.6. The third kappa shape index (κ3) is 4.01. The molecule has 2 aromatic rings. The molecule has 3 fully saturated rings. The van der Waals surface area contributed by atoms with Crippen LogP contribution in [0.3, 0.4) is 0 Å². The number of imide groups is 1. The fraction of sp³-hybridized carbons (Fsp3) is 0.407. The second-order valence-electron chi connectivity index (χ2n) is 11.7. The van der Waals surface area contributed by atoms with E-state index in [1.807, 2.05) is 25.7 Å². The van der Waals surface area contributed by atoms with E-state index in [1.165, 1.54) is 24.3 Å². The van der Waals surface area contributed by atoms with Crippen molar-refractivity contribution in [3.8, 4) is 0 Å². The summed E-state index contributed by atoms with van der Waals surface area (Å²) in [6.07, 6.45) is 0.348. The van der Waals surface area contributed by atoms with Gasteiger partial charge in [0, 0.05) is 44.8 Å². The zero-order valence-corrected chi connectivity index (χ0v) is 24.7. The average molecular weight is 625 g/mol. The summed E-state index contributed by atoms with van der Waals surface area (Å²) < 4.78 is 0. The molecule has 5 atom stereocenters. The van der Waals surface area contributed by atoms with Crippen LogP contribution < -0.4 is 20.9 Å².